The Hall–Kier alpha value is -1.74. The van der Waals surface area contributed by atoms with Crippen LogP contribution in [0.1, 0.15) is 24.3 Å². The third-order valence-electron chi connectivity index (χ3n) is 4.14. The van der Waals surface area contributed by atoms with Crippen LogP contribution in [0, 0.1) is 0 Å². The molecule has 114 valence electrons. The van der Waals surface area contributed by atoms with Crippen molar-refractivity contribution in [1.29, 1.82) is 0 Å². The van der Waals surface area contributed by atoms with Crippen LogP contribution in [0.4, 0.5) is 0 Å². The number of hydrogen-bond donors (Lipinski definition) is 0. The van der Waals surface area contributed by atoms with Crippen LogP contribution in [0.5, 0.6) is 0 Å². The summed E-state index contributed by atoms with van der Waals surface area (Å²) in [6, 6.07) is 20.8. The van der Waals surface area contributed by atoms with Crippen LogP contribution in [0.3, 0.4) is 0 Å². The molecule has 1 amide bonds. The van der Waals surface area contributed by atoms with E-state index < -0.39 is 0 Å². The second kappa shape index (κ2) is 7.50. The van der Waals surface area contributed by atoms with Crippen molar-refractivity contribution < 1.29 is 4.79 Å². The highest BCUT2D eigenvalue weighted by molar-refractivity contribution is 7.99. The summed E-state index contributed by atoms with van der Waals surface area (Å²) in [6.45, 7) is 1.77. The Morgan fingerprint density at radius 2 is 1.73 bits per heavy atom. The first-order valence-electron chi connectivity index (χ1n) is 7.83. The quantitative estimate of drug-likeness (QED) is 0.772. The molecule has 0 saturated carbocycles. The molecule has 1 saturated heterocycles. The molecule has 0 bridgehead atoms. The Bertz CT molecular complexity index is 599. The summed E-state index contributed by atoms with van der Waals surface area (Å²) in [5, 5.41) is 0. The summed E-state index contributed by atoms with van der Waals surface area (Å²) in [5.41, 5.74) is 1.36. The zero-order valence-corrected chi connectivity index (χ0v) is 13.5. The molecule has 2 nitrogen and oxygen atoms in total. The molecule has 2 aromatic carbocycles. The Labute approximate surface area is 136 Å². The molecule has 22 heavy (non-hydrogen) atoms. The van der Waals surface area contributed by atoms with Crippen LogP contribution >= 0.6 is 11.8 Å². The highest BCUT2D eigenvalue weighted by atomic mass is 32.2. The van der Waals surface area contributed by atoms with E-state index >= 15 is 0 Å². The van der Waals surface area contributed by atoms with Crippen molar-refractivity contribution in [3.8, 4) is 0 Å². The van der Waals surface area contributed by atoms with Gasteiger partial charge in [0.25, 0.3) is 0 Å². The molecule has 1 unspecified atom stereocenters. The molecule has 0 aliphatic carbocycles. The molecule has 0 N–H and O–H groups in total. The number of rotatable bonds is 5. The zero-order chi connectivity index (χ0) is 15.2. The summed E-state index contributed by atoms with van der Waals surface area (Å²) in [4.78, 5) is 15.6. The standard InChI is InChI=1S/C19H21NOS/c21-19(12-14-22-18-9-5-2-6-10-18)20-13-11-17(15-20)16-7-3-1-4-8-16/h1-10,17H,11-15H2. The smallest absolute Gasteiger partial charge is 0.223 e. The van der Waals surface area contributed by atoms with Gasteiger partial charge in [0.2, 0.25) is 5.91 Å². The van der Waals surface area contributed by atoms with Gasteiger partial charge in [-0.3, -0.25) is 4.79 Å². The zero-order valence-electron chi connectivity index (χ0n) is 12.7. The third-order valence-corrected chi connectivity index (χ3v) is 5.15. The summed E-state index contributed by atoms with van der Waals surface area (Å²) in [5.74, 6) is 1.66. The first kappa shape index (κ1) is 15.2. The maximum Gasteiger partial charge on any atom is 0.223 e. The van der Waals surface area contributed by atoms with Gasteiger partial charge in [-0.25, -0.2) is 0 Å². The van der Waals surface area contributed by atoms with Crippen molar-refractivity contribution in [2.75, 3.05) is 18.8 Å². The van der Waals surface area contributed by atoms with Gasteiger partial charge < -0.3 is 4.90 Å². The Kier molecular flexibility index (Phi) is 5.17. The maximum absolute atomic E-state index is 12.3. The average Bonchev–Trinajstić information content (AvgIpc) is 3.07. The normalized spacial score (nSPS) is 17.6. The van der Waals surface area contributed by atoms with E-state index in [4.69, 9.17) is 0 Å². The summed E-state index contributed by atoms with van der Waals surface area (Å²) in [6.07, 6.45) is 1.71. The van der Waals surface area contributed by atoms with Crippen molar-refractivity contribution in [2.45, 2.75) is 23.7 Å². The SMILES string of the molecule is O=C(CCSc1ccccc1)N1CCC(c2ccccc2)C1. The van der Waals surface area contributed by atoms with E-state index in [9.17, 15) is 4.79 Å². The van der Waals surface area contributed by atoms with Gasteiger partial charge in [0.15, 0.2) is 0 Å². The first-order chi connectivity index (χ1) is 10.8. The van der Waals surface area contributed by atoms with Crippen LogP contribution in [0.15, 0.2) is 65.6 Å². The lowest BCUT2D eigenvalue weighted by Gasteiger charge is -2.16. The predicted octanol–water partition coefficient (Wildman–Crippen LogP) is 4.18. The monoisotopic (exact) mass is 311 g/mol. The number of amides is 1. The summed E-state index contributed by atoms with van der Waals surface area (Å²) < 4.78 is 0. The molecule has 1 fully saturated rings. The van der Waals surface area contributed by atoms with Gasteiger partial charge in [-0.1, -0.05) is 48.5 Å². The van der Waals surface area contributed by atoms with Crippen LogP contribution < -0.4 is 0 Å². The second-order valence-electron chi connectivity index (χ2n) is 5.65. The molecule has 1 atom stereocenters. The van der Waals surface area contributed by atoms with Gasteiger partial charge in [-0.05, 0) is 24.1 Å². The lowest BCUT2D eigenvalue weighted by atomic mass is 9.99. The highest BCUT2D eigenvalue weighted by Crippen LogP contribution is 2.27. The summed E-state index contributed by atoms with van der Waals surface area (Å²) in [7, 11) is 0. The second-order valence-corrected chi connectivity index (χ2v) is 6.82. The minimum Gasteiger partial charge on any atom is -0.342 e. The fraction of sp³-hybridized carbons (Fsp3) is 0.316. The van der Waals surface area contributed by atoms with Gasteiger partial charge in [0.05, 0.1) is 0 Å². The minimum absolute atomic E-state index is 0.293. The molecular weight excluding hydrogens is 290 g/mol. The Morgan fingerprint density at radius 1 is 1.05 bits per heavy atom. The van der Waals surface area contributed by atoms with Crippen molar-refractivity contribution in [3.05, 3.63) is 66.2 Å². The topological polar surface area (TPSA) is 20.3 Å². The molecule has 1 aliphatic heterocycles. The third kappa shape index (κ3) is 3.92. The maximum atomic E-state index is 12.3. The van der Waals surface area contributed by atoms with Gasteiger partial charge in [0.1, 0.15) is 0 Å². The van der Waals surface area contributed by atoms with E-state index in [0.29, 0.717) is 18.2 Å². The Balaban J connectivity index is 1.46. The van der Waals surface area contributed by atoms with Crippen molar-refractivity contribution in [2.24, 2.45) is 0 Å². The molecule has 3 rings (SSSR count). The van der Waals surface area contributed by atoms with E-state index in [0.717, 1.165) is 25.3 Å². The van der Waals surface area contributed by atoms with E-state index in [1.165, 1.54) is 10.5 Å². The molecule has 2 aromatic rings. The number of likely N-dealkylation sites (tertiary alicyclic amines) is 1. The number of carbonyl (C=O) groups excluding carboxylic acids is 1. The van der Waals surface area contributed by atoms with E-state index in [1.807, 2.05) is 29.2 Å². The van der Waals surface area contributed by atoms with Crippen molar-refractivity contribution in [3.63, 3.8) is 0 Å². The number of nitrogens with zero attached hydrogens (tertiary/aromatic N) is 1. The molecule has 0 spiro atoms. The number of hydrogen-bond acceptors (Lipinski definition) is 2. The van der Waals surface area contributed by atoms with Crippen LogP contribution in [0.2, 0.25) is 0 Å². The molecule has 1 aliphatic rings. The van der Waals surface area contributed by atoms with Gasteiger partial charge in [-0.15, -0.1) is 11.8 Å². The van der Waals surface area contributed by atoms with E-state index in [1.54, 1.807) is 11.8 Å². The molecule has 3 heteroatoms. The van der Waals surface area contributed by atoms with Crippen LogP contribution in [-0.2, 0) is 4.79 Å². The molecule has 0 radical (unpaired) electrons. The minimum atomic E-state index is 0.293. The molecule has 1 heterocycles. The van der Waals surface area contributed by atoms with Crippen molar-refractivity contribution >= 4 is 17.7 Å². The summed E-state index contributed by atoms with van der Waals surface area (Å²) >= 11 is 1.76. The number of carbonyl (C=O) groups is 1. The molecular formula is C19H21NOS. The van der Waals surface area contributed by atoms with Gasteiger partial charge in [-0.2, -0.15) is 0 Å². The fourth-order valence-corrected chi connectivity index (χ4v) is 3.78. The number of thioether (sulfide) groups is 1. The average molecular weight is 311 g/mol. The first-order valence-corrected chi connectivity index (χ1v) is 8.82. The fourth-order valence-electron chi connectivity index (χ4n) is 2.92. The largest absolute Gasteiger partial charge is 0.342 e. The van der Waals surface area contributed by atoms with E-state index in [-0.39, 0.29) is 0 Å². The highest BCUT2D eigenvalue weighted by Gasteiger charge is 2.26. The lowest BCUT2D eigenvalue weighted by molar-refractivity contribution is -0.129. The predicted molar refractivity (Wildman–Crippen MR) is 92.2 cm³/mol. The van der Waals surface area contributed by atoms with Gasteiger partial charge in [0, 0.05) is 36.1 Å². The lowest BCUT2D eigenvalue weighted by Crippen LogP contribution is -2.28. The molecule has 0 aromatic heterocycles. The van der Waals surface area contributed by atoms with Crippen LogP contribution in [0.25, 0.3) is 0 Å². The van der Waals surface area contributed by atoms with Crippen LogP contribution in [-0.4, -0.2) is 29.6 Å². The number of benzene rings is 2. The van der Waals surface area contributed by atoms with Gasteiger partial charge >= 0.3 is 0 Å². The van der Waals surface area contributed by atoms with Crippen molar-refractivity contribution in [1.82, 2.24) is 4.90 Å². The Morgan fingerprint density at radius 3 is 2.45 bits per heavy atom. The van der Waals surface area contributed by atoms with E-state index in [2.05, 4.69) is 36.4 Å².